The molecular formula is C18H27NO. The zero-order chi connectivity index (χ0) is 14.5. The molecule has 2 nitrogen and oxygen atoms in total. The van der Waals surface area contributed by atoms with Gasteiger partial charge in [-0.15, -0.1) is 0 Å². The van der Waals surface area contributed by atoms with E-state index >= 15 is 0 Å². The fourth-order valence-electron chi connectivity index (χ4n) is 2.90. The highest BCUT2D eigenvalue weighted by atomic mass is 16.2. The van der Waals surface area contributed by atoms with Crippen LogP contribution in [0.1, 0.15) is 56.6 Å². The molecule has 0 radical (unpaired) electrons. The van der Waals surface area contributed by atoms with Crippen LogP contribution in [0.25, 0.3) is 0 Å². The van der Waals surface area contributed by atoms with E-state index in [0.29, 0.717) is 5.92 Å². The van der Waals surface area contributed by atoms with Gasteiger partial charge in [-0.25, -0.2) is 0 Å². The summed E-state index contributed by atoms with van der Waals surface area (Å²) >= 11 is 0. The van der Waals surface area contributed by atoms with Crippen molar-refractivity contribution in [3.8, 4) is 0 Å². The topological polar surface area (TPSA) is 29.1 Å². The first-order chi connectivity index (χ1) is 9.61. The van der Waals surface area contributed by atoms with Crippen LogP contribution in [0.4, 0.5) is 5.69 Å². The van der Waals surface area contributed by atoms with E-state index in [1.54, 1.807) is 0 Å². The number of amides is 1. The van der Waals surface area contributed by atoms with Gasteiger partial charge in [-0.2, -0.15) is 0 Å². The molecule has 1 aliphatic rings. The lowest BCUT2D eigenvalue weighted by molar-refractivity contribution is -0.117. The van der Waals surface area contributed by atoms with Crippen molar-refractivity contribution in [2.24, 2.45) is 11.8 Å². The smallest absolute Gasteiger partial charge is 0.227 e. The number of anilines is 1. The Kier molecular flexibility index (Phi) is 5.22. The molecule has 0 saturated heterocycles. The van der Waals surface area contributed by atoms with E-state index < -0.39 is 0 Å². The first kappa shape index (κ1) is 15.1. The fraction of sp³-hybridized carbons (Fsp3) is 0.611. The number of benzene rings is 1. The number of hydrogen-bond acceptors (Lipinski definition) is 1. The number of rotatable bonds is 7. The highest BCUT2D eigenvalue weighted by Crippen LogP contribution is 2.43. The van der Waals surface area contributed by atoms with Gasteiger partial charge in [-0.05, 0) is 44.2 Å². The summed E-state index contributed by atoms with van der Waals surface area (Å²) in [6, 6.07) is 6.18. The predicted molar refractivity (Wildman–Crippen MR) is 84.9 cm³/mol. The first-order valence-corrected chi connectivity index (χ1v) is 8.00. The quantitative estimate of drug-likeness (QED) is 0.707. The Labute approximate surface area is 123 Å². The van der Waals surface area contributed by atoms with E-state index in [-0.39, 0.29) is 11.8 Å². The maximum Gasteiger partial charge on any atom is 0.227 e. The molecule has 0 heterocycles. The summed E-state index contributed by atoms with van der Waals surface area (Å²) in [6.07, 6.45) is 7.52. The van der Waals surface area contributed by atoms with E-state index in [9.17, 15) is 4.79 Å². The number of carbonyl (C=O) groups excluding carboxylic acids is 1. The summed E-state index contributed by atoms with van der Waals surface area (Å²) in [5.74, 6) is 1.12. The molecule has 0 spiro atoms. The van der Waals surface area contributed by atoms with Crippen molar-refractivity contribution in [3.05, 3.63) is 29.3 Å². The van der Waals surface area contributed by atoms with Crippen molar-refractivity contribution >= 4 is 11.6 Å². The Bertz CT molecular complexity index is 466. The third-order valence-electron chi connectivity index (χ3n) is 4.33. The molecule has 2 heteroatoms. The van der Waals surface area contributed by atoms with Gasteiger partial charge >= 0.3 is 0 Å². The Morgan fingerprint density at radius 2 is 2.05 bits per heavy atom. The maximum atomic E-state index is 12.2. The number of carbonyl (C=O) groups is 1. The van der Waals surface area contributed by atoms with Crippen LogP contribution in [-0.2, 0) is 4.79 Å². The summed E-state index contributed by atoms with van der Waals surface area (Å²) in [7, 11) is 0. The Morgan fingerprint density at radius 1 is 1.25 bits per heavy atom. The second kappa shape index (κ2) is 6.92. The van der Waals surface area contributed by atoms with Gasteiger partial charge in [-0.1, -0.05) is 50.3 Å². The molecule has 1 aliphatic carbocycles. The SMILES string of the molecule is CCCCCC[C@@H]1C[C@@H]1C(=O)Nc1ccc(C)cc1C. The van der Waals surface area contributed by atoms with Gasteiger partial charge in [0.2, 0.25) is 5.91 Å². The minimum atomic E-state index is 0.220. The Morgan fingerprint density at radius 3 is 2.75 bits per heavy atom. The number of unbranched alkanes of at least 4 members (excludes halogenated alkanes) is 3. The molecule has 0 aliphatic heterocycles. The average molecular weight is 273 g/mol. The summed E-state index contributed by atoms with van der Waals surface area (Å²) in [6.45, 7) is 6.36. The van der Waals surface area contributed by atoms with Gasteiger partial charge < -0.3 is 5.32 Å². The van der Waals surface area contributed by atoms with Crippen LogP contribution in [0.15, 0.2) is 18.2 Å². The van der Waals surface area contributed by atoms with E-state index in [0.717, 1.165) is 17.7 Å². The average Bonchev–Trinajstić information content (AvgIpc) is 3.18. The van der Waals surface area contributed by atoms with Crippen molar-refractivity contribution in [3.63, 3.8) is 0 Å². The maximum absolute atomic E-state index is 12.2. The minimum absolute atomic E-state index is 0.220. The van der Waals surface area contributed by atoms with Crippen molar-refractivity contribution in [2.75, 3.05) is 5.32 Å². The zero-order valence-electron chi connectivity index (χ0n) is 13.0. The van der Waals surface area contributed by atoms with Crippen LogP contribution in [0.5, 0.6) is 0 Å². The zero-order valence-corrected chi connectivity index (χ0v) is 13.0. The molecule has 20 heavy (non-hydrogen) atoms. The summed E-state index contributed by atoms with van der Waals surface area (Å²) in [4.78, 5) is 12.2. The molecule has 110 valence electrons. The normalized spacial score (nSPS) is 20.8. The monoisotopic (exact) mass is 273 g/mol. The second-order valence-corrected chi connectivity index (χ2v) is 6.26. The van der Waals surface area contributed by atoms with Gasteiger partial charge in [0.05, 0.1) is 0 Å². The molecule has 1 aromatic rings. The highest BCUT2D eigenvalue weighted by Gasteiger charge is 2.42. The Balaban J connectivity index is 1.76. The standard InChI is InChI=1S/C18H27NO/c1-4-5-6-7-8-15-12-16(15)18(20)19-17-10-9-13(2)11-14(17)3/h9-11,15-16H,4-8,12H2,1-3H3,(H,19,20)/t15-,16+/m1/s1. The summed E-state index contributed by atoms with van der Waals surface area (Å²) < 4.78 is 0. The van der Waals surface area contributed by atoms with Crippen LogP contribution >= 0.6 is 0 Å². The number of nitrogens with one attached hydrogen (secondary N) is 1. The Hall–Kier alpha value is -1.31. The molecule has 0 aromatic heterocycles. The molecule has 2 rings (SSSR count). The molecule has 1 aromatic carbocycles. The molecule has 1 saturated carbocycles. The van der Waals surface area contributed by atoms with E-state index in [1.807, 2.05) is 6.07 Å². The lowest BCUT2D eigenvalue weighted by atomic mass is 10.1. The van der Waals surface area contributed by atoms with Crippen molar-refractivity contribution < 1.29 is 4.79 Å². The van der Waals surface area contributed by atoms with Crippen LogP contribution in [0, 0.1) is 25.7 Å². The highest BCUT2D eigenvalue weighted by molar-refractivity contribution is 5.95. The fourth-order valence-corrected chi connectivity index (χ4v) is 2.90. The third-order valence-corrected chi connectivity index (χ3v) is 4.33. The molecule has 2 atom stereocenters. The first-order valence-electron chi connectivity index (χ1n) is 8.00. The molecular weight excluding hydrogens is 246 g/mol. The molecule has 1 amide bonds. The van der Waals surface area contributed by atoms with Gasteiger partial charge in [0.1, 0.15) is 0 Å². The minimum Gasteiger partial charge on any atom is -0.326 e. The van der Waals surface area contributed by atoms with Gasteiger partial charge in [0.15, 0.2) is 0 Å². The van der Waals surface area contributed by atoms with Gasteiger partial charge in [0.25, 0.3) is 0 Å². The van der Waals surface area contributed by atoms with E-state index in [1.165, 1.54) is 37.7 Å². The largest absolute Gasteiger partial charge is 0.326 e. The second-order valence-electron chi connectivity index (χ2n) is 6.26. The molecule has 0 bridgehead atoms. The van der Waals surface area contributed by atoms with E-state index in [2.05, 4.69) is 38.2 Å². The lowest BCUT2D eigenvalue weighted by Gasteiger charge is -2.09. The van der Waals surface area contributed by atoms with Crippen LogP contribution < -0.4 is 5.32 Å². The van der Waals surface area contributed by atoms with E-state index in [4.69, 9.17) is 0 Å². The molecule has 1 fully saturated rings. The van der Waals surface area contributed by atoms with Crippen LogP contribution in [0.2, 0.25) is 0 Å². The predicted octanol–water partition coefficient (Wildman–Crippen LogP) is 4.85. The lowest BCUT2D eigenvalue weighted by Crippen LogP contribution is -2.15. The third kappa shape index (κ3) is 4.09. The number of aryl methyl sites for hydroxylation is 2. The number of hydrogen-bond donors (Lipinski definition) is 1. The van der Waals surface area contributed by atoms with Crippen molar-refractivity contribution in [1.29, 1.82) is 0 Å². The summed E-state index contributed by atoms with van der Waals surface area (Å²) in [5, 5.41) is 3.09. The van der Waals surface area contributed by atoms with Crippen molar-refractivity contribution in [2.45, 2.75) is 59.3 Å². The van der Waals surface area contributed by atoms with Crippen LogP contribution in [-0.4, -0.2) is 5.91 Å². The van der Waals surface area contributed by atoms with Gasteiger partial charge in [-0.3, -0.25) is 4.79 Å². The molecule has 1 N–H and O–H groups in total. The van der Waals surface area contributed by atoms with Crippen LogP contribution in [0.3, 0.4) is 0 Å². The molecule has 0 unspecified atom stereocenters. The van der Waals surface area contributed by atoms with Crippen molar-refractivity contribution in [1.82, 2.24) is 0 Å². The van der Waals surface area contributed by atoms with Gasteiger partial charge in [0, 0.05) is 11.6 Å². The summed E-state index contributed by atoms with van der Waals surface area (Å²) in [5.41, 5.74) is 3.36.